The Balaban J connectivity index is 2.57. The van der Waals surface area contributed by atoms with E-state index in [1.807, 2.05) is 6.07 Å². The van der Waals surface area contributed by atoms with Crippen molar-refractivity contribution >= 4 is 22.9 Å². The van der Waals surface area contributed by atoms with E-state index >= 15 is 0 Å². The van der Waals surface area contributed by atoms with E-state index in [4.69, 9.17) is 16.7 Å². The van der Waals surface area contributed by atoms with Gasteiger partial charge < -0.3 is 10.4 Å². The highest BCUT2D eigenvalue weighted by Gasteiger charge is 2.16. The summed E-state index contributed by atoms with van der Waals surface area (Å²) in [5.74, 6) is 0.517. The van der Waals surface area contributed by atoms with Gasteiger partial charge in [-0.25, -0.2) is 0 Å². The maximum Gasteiger partial charge on any atom is 0.0931 e. The van der Waals surface area contributed by atoms with Gasteiger partial charge in [-0.05, 0) is 36.3 Å². The number of hydrogen-bond donors (Lipinski definition) is 2. The average molecular weight is 262 g/mol. The fourth-order valence-electron chi connectivity index (χ4n) is 1.72. The Bertz CT molecular complexity index is 314. The van der Waals surface area contributed by atoms with Crippen molar-refractivity contribution in [3.63, 3.8) is 0 Å². The van der Waals surface area contributed by atoms with Gasteiger partial charge in [0.15, 0.2) is 0 Å². The molecule has 0 fully saturated rings. The van der Waals surface area contributed by atoms with Crippen molar-refractivity contribution in [2.75, 3.05) is 6.61 Å². The van der Waals surface area contributed by atoms with Crippen molar-refractivity contribution in [2.45, 2.75) is 39.3 Å². The highest BCUT2D eigenvalue weighted by molar-refractivity contribution is 7.14. The second kappa shape index (κ2) is 6.60. The molecule has 0 radical (unpaired) electrons. The fraction of sp³-hybridized carbons (Fsp3) is 0.667. The second-order valence-corrected chi connectivity index (χ2v) is 5.98. The third-order valence-electron chi connectivity index (χ3n) is 2.80. The van der Waals surface area contributed by atoms with E-state index in [0.29, 0.717) is 12.0 Å². The largest absolute Gasteiger partial charge is 0.396 e. The molecule has 0 spiro atoms. The first-order chi connectivity index (χ1) is 7.54. The first kappa shape index (κ1) is 14.0. The van der Waals surface area contributed by atoms with Crippen LogP contribution in [0.5, 0.6) is 0 Å². The molecule has 0 aliphatic carbocycles. The molecule has 1 aromatic heterocycles. The van der Waals surface area contributed by atoms with Gasteiger partial charge in [-0.15, -0.1) is 11.3 Å². The topological polar surface area (TPSA) is 32.3 Å². The summed E-state index contributed by atoms with van der Waals surface area (Å²) in [6, 6.07) is 2.63. The molecular weight excluding hydrogens is 242 g/mol. The van der Waals surface area contributed by atoms with Gasteiger partial charge in [-0.2, -0.15) is 0 Å². The van der Waals surface area contributed by atoms with Crippen LogP contribution in [0, 0.1) is 5.92 Å². The van der Waals surface area contributed by atoms with Gasteiger partial charge in [-0.1, -0.05) is 25.4 Å². The standard InChI is InChI=1S/C12H20ClNOS/c1-8(2)11(4-5-15)14-9(3)10-6-12(13)16-7-10/h6-9,11,14-15H,4-5H2,1-3H3. The predicted molar refractivity (Wildman–Crippen MR) is 71.2 cm³/mol. The average Bonchev–Trinajstić information content (AvgIpc) is 2.64. The van der Waals surface area contributed by atoms with Crippen LogP contribution >= 0.6 is 22.9 Å². The van der Waals surface area contributed by atoms with Crippen LogP contribution < -0.4 is 5.32 Å². The minimum atomic E-state index is 0.229. The van der Waals surface area contributed by atoms with Crippen molar-refractivity contribution in [1.29, 1.82) is 0 Å². The van der Waals surface area contributed by atoms with E-state index in [2.05, 4.69) is 31.5 Å². The van der Waals surface area contributed by atoms with Crippen LogP contribution in [-0.2, 0) is 0 Å². The molecular formula is C12H20ClNOS. The van der Waals surface area contributed by atoms with Crippen molar-refractivity contribution in [3.8, 4) is 0 Å². The predicted octanol–water partition coefficient (Wildman–Crippen LogP) is 3.46. The lowest BCUT2D eigenvalue weighted by Gasteiger charge is -2.25. The molecule has 4 heteroatoms. The molecule has 1 aromatic rings. The lowest BCUT2D eigenvalue weighted by atomic mass is 9.99. The molecule has 0 saturated heterocycles. The van der Waals surface area contributed by atoms with Crippen molar-refractivity contribution < 1.29 is 5.11 Å². The smallest absolute Gasteiger partial charge is 0.0931 e. The zero-order valence-corrected chi connectivity index (χ0v) is 11.6. The molecule has 92 valence electrons. The van der Waals surface area contributed by atoms with Crippen molar-refractivity contribution in [1.82, 2.24) is 5.32 Å². The van der Waals surface area contributed by atoms with E-state index in [1.54, 1.807) is 11.3 Å². The first-order valence-corrected chi connectivity index (χ1v) is 6.91. The van der Waals surface area contributed by atoms with E-state index in [1.165, 1.54) is 5.56 Å². The molecule has 0 bridgehead atoms. The lowest BCUT2D eigenvalue weighted by Crippen LogP contribution is -2.36. The van der Waals surface area contributed by atoms with Crippen molar-refractivity contribution in [2.24, 2.45) is 5.92 Å². The summed E-state index contributed by atoms with van der Waals surface area (Å²) in [5.41, 5.74) is 1.22. The Morgan fingerprint density at radius 3 is 2.56 bits per heavy atom. The molecule has 16 heavy (non-hydrogen) atoms. The lowest BCUT2D eigenvalue weighted by molar-refractivity contribution is 0.237. The molecule has 2 unspecified atom stereocenters. The number of aliphatic hydroxyl groups excluding tert-OH is 1. The van der Waals surface area contributed by atoms with Crippen LogP contribution in [0.25, 0.3) is 0 Å². The summed E-state index contributed by atoms with van der Waals surface area (Å²) in [7, 11) is 0. The van der Waals surface area contributed by atoms with Gasteiger partial charge in [0.1, 0.15) is 0 Å². The number of nitrogens with one attached hydrogen (secondary N) is 1. The molecule has 0 aromatic carbocycles. The summed E-state index contributed by atoms with van der Waals surface area (Å²) in [4.78, 5) is 0. The third kappa shape index (κ3) is 4.06. The zero-order chi connectivity index (χ0) is 12.1. The SMILES string of the molecule is CC(NC(CCO)C(C)C)c1csc(Cl)c1. The van der Waals surface area contributed by atoms with Crippen LogP contribution in [0.1, 0.15) is 38.8 Å². The summed E-state index contributed by atoms with van der Waals surface area (Å²) in [5, 5.41) is 14.6. The minimum Gasteiger partial charge on any atom is -0.396 e. The fourth-order valence-corrected chi connectivity index (χ4v) is 2.70. The van der Waals surface area contributed by atoms with E-state index in [-0.39, 0.29) is 12.6 Å². The monoisotopic (exact) mass is 261 g/mol. The van der Waals surface area contributed by atoms with Crippen LogP contribution in [-0.4, -0.2) is 17.8 Å². The quantitative estimate of drug-likeness (QED) is 0.822. The summed E-state index contributed by atoms with van der Waals surface area (Å²) in [6.45, 7) is 6.69. The van der Waals surface area contributed by atoms with Gasteiger partial charge >= 0.3 is 0 Å². The van der Waals surface area contributed by atoms with Gasteiger partial charge in [0.05, 0.1) is 4.34 Å². The van der Waals surface area contributed by atoms with E-state index < -0.39 is 0 Å². The first-order valence-electron chi connectivity index (χ1n) is 5.65. The van der Waals surface area contributed by atoms with Gasteiger partial charge in [0.2, 0.25) is 0 Å². The van der Waals surface area contributed by atoms with Crippen molar-refractivity contribution in [3.05, 3.63) is 21.3 Å². The number of thiophene rings is 1. The van der Waals surface area contributed by atoms with Crippen LogP contribution in [0.3, 0.4) is 0 Å². The Morgan fingerprint density at radius 2 is 2.12 bits per heavy atom. The number of hydrogen-bond acceptors (Lipinski definition) is 3. The highest BCUT2D eigenvalue weighted by Crippen LogP contribution is 2.25. The highest BCUT2D eigenvalue weighted by atomic mass is 35.5. The third-order valence-corrected chi connectivity index (χ3v) is 3.91. The van der Waals surface area contributed by atoms with E-state index in [9.17, 15) is 0 Å². The van der Waals surface area contributed by atoms with E-state index in [0.717, 1.165) is 10.8 Å². The summed E-state index contributed by atoms with van der Waals surface area (Å²) in [6.07, 6.45) is 0.792. The van der Waals surface area contributed by atoms with Crippen LogP contribution in [0.15, 0.2) is 11.4 Å². The zero-order valence-electron chi connectivity index (χ0n) is 10.0. The molecule has 2 nitrogen and oxygen atoms in total. The molecule has 0 aliphatic rings. The second-order valence-electron chi connectivity index (χ2n) is 4.44. The number of rotatable bonds is 6. The Labute approximate surface area is 107 Å². The Hall–Kier alpha value is -0.0900. The summed E-state index contributed by atoms with van der Waals surface area (Å²) < 4.78 is 0.826. The Kier molecular flexibility index (Phi) is 5.76. The molecule has 1 heterocycles. The van der Waals surface area contributed by atoms with Gasteiger partial charge in [-0.3, -0.25) is 0 Å². The van der Waals surface area contributed by atoms with Crippen LogP contribution in [0.4, 0.5) is 0 Å². The number of halogens is 1. The molecule has 0 amide bonds. The summed E-state index contributed by atoms with van der Waals surface area (Å²) >= 11 is 7.47. The van der Waals surface area contributed by atoms with Crippen LogP contribution in [0.2, 0.25) is 4.34 Å². The molecule has 0 aliphatic heterocycles. The molecule has 1 rings (SSSR count). The molecule has 2 N–H and O–H groups in total. The maximum atomic E-state index is 9.01. The Morgan fingerprint density at radius 1 is 1.44 bits per heavy atom. The van der Waals surface area contributed by atoms with Gasteiger partial charge in [0.25, 0.3) is 0 Å². The molecule has 0 saturated carbocycles. The number of aliphatic hydroxyl groups is 1. The molecule has 2 atom stereocenters. The minimum absolute atomic E-state index is 0.229. The maximum absolute atomic E-state index is 9.01. The van der Waals surface area contributed by atoms with Gasteiger partial charge in [0, 0.05) is 18.7 Å². The normalized spacial score (nSPS) is 15.4.